The van der Waals surface area contributed by atoms with E-state index >= 15 is 0 Å². The summed E-state index contributed by atoms with van der Waals surface area (Å²) in [5, 5.41) is 3.22. The van der Waals surface area contributed by atoms with Crippen molar-refractivity contribution in [2.45, 2.75) is 52.0 Å². The molecule has 2 unspecified atom stereocenters. The Morgan fingerprint density at radius 2 is 2.17 bits per heavy atom. The second-order valence-electron chi connectivity index (χ2n) is 5.85. The van der Waals surface area contributed by atoms with E-state index in [1.54, 1.807) is 0 Å². The number of rotatable bonds is 6. The minimum absolute atomic E-state index is 0.243. The van der Waals surface area contributed by atoms with Crippen LogP contribution < -0.4 is 11.1 Å². The van der Waals surface area contributed by atoms with Gasteiger partial charge >= 0.3 is 0 Å². The molecule has 4 heteroatoms. The Labute approximate surface area is 111 Å². The Morgan fingerprint density at radius 1 is 1.44 bits per heavy atom. The highest BCUT2D eigenvalue weighted by atomic mass is 16.1. The summed E-state index contributed by atoms with van der Waals surface area (Å²) in [6, 6.07) is 0. The van der Waals surface area contributed by atoms with Crippen molar-refractivity contribution in [3.05, 3.63) is 0 Å². The third-order valence-corrected chi connectivity index (χ3v) is 4.15. The molecule has 1 heterocycles. The van der Waals surface area contributed by atoms with Crippen molar-refractivity contribution >= 4 is 5.91 Å². The quantitative estimate of drug-likeness (QED) is 0.753. The van der Waals surface area contributed by atoms with E-state index in [4.69, 9.17) is 5.73 Å². The van der Waals surface area contributed by atoms with Crippen LogP contribution in [-0.2, 0) is 4.79 Å². The maximum Gasteiger partial charge on any atom is 0.237 e. The van der Waals surface area contributed by atoms with Crippen LogP contribution in [0.1, 0.15) is 46.5 Å². The summed E-state index contributed by atoms with van der Waals surface area (Å²) in [5.74, 6) is 0.596. The number of hydrogen-bond donors (Lipinski definition) is 2. The number of nitrogens with one attached hydrogen (secondary N) is 1. The molecule has 2 atom stereocenters. The van der Waals surface area contributed by atoms with Gasteiger partial charge in [0, 0.05) is 6.54 Å². The molecule has 0 aliphatic carbocycles. The van der Waals surface area contributed by atoms with Gasteiger partial charge in [-0.15, -0.1) is 0 Å². The van der Waals surface area contributed by atoms with Crippen molar-refractivity contribution in [3.8, 4) is 0 Å². The lowest BCUT2D eigenvalue weighted by Crippen LogP contribution is -2.54. The minimum atomic E-state index is -0.563. The summed E-state index contributed by atoms with van der Waals surface area (Å²) in [6.45, 7) is 10.3. The molecular formula is C14H29N3O. The van der Waals surface area contributed by atoms with E-state index in [9.17, 15) is 4.79 Å². The monoisotopic (exact) mass is 255 g/mol. The van der Waals surface area contributed by atoms with Crippen molar-refractivity contribution < 1.29 is 4.79 Å². The molecule has 1 saturated heterocycles. The maximum atomic E-state index is 11.5. The average Bonchev–Trinajstić information content (AvgIpc) is 2.52. The first-order valence-electron chi connectivity index (χ1n) is 7.25. The molecule has 18 heavy (non-hydrogen) atoms. The average molecular weight is 255 g/mol. The molecular weight excluding hydrogens is 226 g/mol. The highest BCUT2D eigenvalue weighted by molar-refractivity contribution is 5.84. The third kappa shape index (κ3) is 4.58. The number of likely N-dealkylation sites (tertiary alicyclic amines) is 1. The Bertz CT molecular complexity index is 270. The molecule has 1 fully saturated rings. The van der Waals surface area contributed by atoms with E-state index in [0.717, 1.165) is 38.5 Å². The first kappa shape index (κ1) is 15.4. The number of primary amides is 1. The van der Waals surface area contributed by atoms with Crippen LogP contribution in [0.5, 0.6) is 0 Å². The fraction of sp³-hybridized carbons (Fsp3) is 0.929. The van der Waals surface area contributed by atoms with Gasteiger partial charge in [-0.2, -0.15) is 0 Å². The molecule has 3 N–H and O–H groups in total. The molecule has 4 nitrogen and oxygen atoms in total. The van der Waals surface area contributed by atoms with Crippen molar-refractivity contribution in [1.29, 1.82) is 0 Å². The van der Waals surface area contributed by atoms with Crippen LogP contribution in [0.3, 0.4) is 0 Å². The zero-order chi connectivity index (χ0) is 13.6. The zero-order valence-electron chi connectivity index (χ0n) is 12.2. The number of hydrogen-bond acceptors (Lipinski definition) is 3. The Balaban J connectivity index is 2.44. The van der Waals surface area contributed by atoms with Crippen molar-refractivity contribution in [1.82, 2.24) is 10.2 Å². The van der Waals surface area contributed by atoms with Gasteiger partial charge in [0.05, 0.1) is 5.54 Å². The third-order valence-electron chi connectivity index (χ3n) is 4.15. The van der Waals surface area contributed by atoms with Crippen LogP contribution in [0.2, 0.25) is 0 Å². The molecule has 106 valence electrons. The van der Waals surface area contributed by atoms with E-state index in [1.807, 2.05) is 13.8 Å². The summed E-state index contributed by atoms with van der Waals surface area (Å²) in [5.41, 5.74) is 4.94. The summed E-state index contributed by atoms with van der Waals surface area (Å²) in [4.78, 5) is 14.0. The summed E-state index contributed by atoms with van der Waals surface area (Å²) < 4.78 is 0. The number of carbonyl (C=O) groups excluding carboxylic acids is 1. The molecule has 0 spiro atoms. The fourth-order valence-corrected chi connectivity index (χ4v) is 2.62. The Hall–Kier alpha value is -0.610. The topological polar surface area (TPSA) is 58.4 Å². The predicted octanol–water partition coefficient (Wildman–Crippen LogP) is 1.35. The SMILES string of the molecule is CCNC(C)(CCN1CCCC(C)CC1)C(N)=O. The van der Waals surface area contributed by atoms with E-state index in [0.29, 0.717) is 0 Å². The zero-order valence-corrected chi connectivity index (χ0v) is 12.2. The molecule has 0 bridgehead atoms. The van der Waals surface area contributed by atoms with Gasteiger partial charge in [-0.1, -0.05) is 13.8 Å². The second kappa shape index (κ2) is 7.10. The summed E-state index contributed by atoms with van der Waals surface area (Å²) in [6.07, 6.45) is 4.67. The first-order valence-corrected chi connectivity index (χ1v) is 7.25. The fourth-order valence-electron chi connectivity index (χ4n) is 2.62. The maximum absolute atomic E-state index is 11.5. The van der Waals surface area contributed by atoms with Gasteiger partial charge in [-0.3, -0.25) is 4.79 Å². The van der Waals surface area contributed by atoms with Crippen LogP contribution in [0.4, 0.5) is 0 Å². The molecule has 1 aliphatic rings. The van der Waals surface area contributed by atoms with Crippen LogP contribution >= 0.6 is 0 Å². The van der Waals surface area contributed by atoms with Crippen LogP contribution in [0.25, 0.3) is 0 Å². The molecule has 1 amide bonds. The number of amides is 1. The Kier molecular flexibility index (Phi) is 6.09. The largest absolute Gasteiger partial charge is 0.368 e. The van der Waals surface area contributed by atoms with Gasteiger partial charge in [-0.05, 0) is 58.2 Å². The lowest BCUT2D eigenvalue weighted by Gasteiger charge is -2.30. The minimum Gasteiger partial charge on any atom is -0.368 e. The highest BCUT2D eigenvalue weighted by Crippen LogP contribution is 2.18. The normalized spacial score (nSPS) is 25.4. The standard InChI is InChI=1S/C14H29N3O/c1-4-16-14(3,13(15)18)8-11-17-9-5-6-12(2)7-10-17/h12,16H,4-11H2,1-3H3,(H2,15,18). The molecule has 1 rings (SSSR count). The molecule has 0 aromatic heterocycles. The van der Waals surface area contributed by atoms with E-state index in [2.05, 4.69) is 17.1 Å². The van der Waals surface area contributed by atoms with Gasteiger partial charge in [0.2, 0.25) is 5.91 Å². The molecule has 0 aromatic rings. The lowest BCUT2D eigenvalue weighted by molar-refractivity contribution is -0.124. The number of likely N-dealkylation sites (N-methyl/N-ethyl adjacent to an activating group) is 1. The van der Waals surface area contributed by atoms with Gasteiger partial charge < -0.3 is 16.0 Å². The number of nitrogens with zero attached hydrogens (tertiary/aromatic N) is 1. The second-order valence-corrected chi connectivity index (χ2v) is 5.85. The van der Waals surface area contributed by atoms with Crippen molar-refractivity contribution in [2.75, 3.05) is 26.2 Å². The first-order chi connectivity index (χ1) is 8.48. The van der Waals surface area contributed by atoms with Crippen molar-refractivity contribution in [3.63, 3.8) is 0 Å². The number of nitrogens with two attached hydrogens (primary N) is 1. The molecule has 0 radical (unpaired) electrons. The van der Waals surface area contributed by atoms with Gasteiger partial charge in [0.1, 0.15) is 0 Å². The molecule has 1 aliphatic heterocycles. The van der Waals surface area contributed by atoms with E-state index < -0.39 is 5.54 Å². The molecule has 0 aromatic carbocycles. The molecule has 0 saturated carbocycles. The summed E-state index contributed by atoms with van der Waals surface area (Å²) in [7, 11) is 0. The van der Waals surface area contributed by atoms with E-state index in [-0.39, 0.29) is 5.91 Å². The summed E-state index contributed by atoms with van der Waals surface area (Å²) >= 11 is 0. The van der Waals surface area contributed by atoms with Gasteiger partial charge in [0.15, 0.2) is 0 Å². The van der Waals surface area contributed by atoms with Crippen LogP contribution in [0.15, 0.2) is 0 Å². The smallest absolute Gasteiger partial charge is 0.237 e. The van der Waals surface area contributed by atoms with Gasteiger partial charge in [-0.25, -0.2) is 0 Å². The van der Waals surface area contributed by atoms with E-state index in [1.165, 1.54) is 19.3 Å². The van der Waals surface area contributed by atoms with Crippen molar-refractivity contribution in [2.24, 2.45) is 11.7 Å². The van der Waals surface area contributed by atoms with Crippen LogP contribution in [-0.4, -0.2) is 42.5 Å². The van der Waals surface area contributed by atoms with Crippen LogP contribution in [0, 0.1) is 5.92 Å². The highest BCUT2D eigenvalue weighted by Gasteiger charge is 2.30. The van der Waals surface area contributed by atoms with Gasteiger partial charge in [0.25, 0.3) is 0 Å². The predicted molar refractivity (Wildman–Crippen MR) is 75.3 cm³/mol. The number of carbonyl (C=O) groups is 1. The lowest BCUT2D eigenvalue weighted by atomic mass is 9.96. The Morgan fingerprint density at radius 3 is 2.78 bits per heavy atom.